The van der Waals surface area contributed by atoms with Crippen molar-refractivity contribution in [3.05, 3.63) is 113 Å². The van der Waals surface area contributed by atoms with Crippen molar-refractivity contribution < 1.29 is 0 Å². The zero-order chi connectivity index (χ0) is 19.8. The molecule has 0 aliphatic carbocycles. The molecule has 0 saturated heterocycles. The minimum absolute atomic E-state index is 0.246. The van der Waals surface area contributed by atoms with E-state index in [9.17, 15) is 0 Å². The molecule has 0 N–H and O–H groups in total. The van der Waals surface area contributed by atoms with Gasteiger partial charge in [-0.15, -0.1) is 0 Å². The minimum Gasteiger partial charge on any atom is -0.233 e. The number of rotatable bonds is 3. The van der Waals surface area contributed by atoms with Crippen LogP contribution in [0.5, 0.6) is 0 Å². The molecule has 0 saturated carbocycles. The second-order valence-corrected chi connectivity index (χ2v) is 7.66. The molecule has 0 radical (unpaired) electrons. The average molecular weight is 377 g/mol. The molecule has 0 unspecified atom stereocenters. The van der Waals surface area contributed by atoms with Crippen molar-refractivity contribution in [1.82, 2.24) is 9.78 Å². The van der Waals surface area contributed by atoms with Gasteiger partial charge in [-0.2, -0.15) is 5.10 Å². The van der Waals surface area contributed by atoms with Gasteiger partial charge in [-0.3, -0.25) is 0 Å². The van der Waals surface area contributed by atoms with Gasteiger partial charge in [-0.05, 0) is 37.1 Å². The Morgan fingerprint density at radius 1 is 0.793 bits per heavy atom. The van der Waals surface area contributed by atoms with Gasteiger partial charge in [0, 0.05) is 17.9 Å². The zero-order valence-electron chi connectivity index (χ0n) is 16.7. The molecule has 4 aromatic rings. The van der Waals surface area contributed by atoms with Gasteiger partial charge in [-0.1, -0.05) is 78.4 Å². The van der Waals surface area contributed by atoms with Crippen LogP contribution >= 0.6 is 0 Å². The van der Waals surface area contributed by atoms with E-state index in [1.54, 1.807) is 0 Å². The van der Waals surface area contributed by atoms with Crippen LogP contribution in [0.4, 0.5) is 5.82 Å². The monoisotopic (exact) mass is 377 g/mol. The van der Waals surface area contributed by atoms with Crippen LogP contribution in [-0.2, 0) is 0 Å². The maximum atomic E-state index is 5.12. The molecule has 142 valence electrons. The van der Waals surface area contributed by atoms with Crippen LogP contribution in [0.15, 0.2) is 89.9 Å². The summed E-state index contributed by atoms with van der Waals surface area (Å²) >= 11 is 0. The molecule has 1 aliphatic heterocycles. The largest absolute Gasteiger partial charge is 0.233 e. The van der Waals surface area contributed by atoms with E-state index in [-0.39, 0.29) is 5.92 Å². The fraction of sp³-hybridized carbons (Fsp3) is 0.154. The summed E-state index contributed by atoms with van der Waals surface area (Å²) in [5, 5.41) is 4.89. The second-order valence-electron chi connectivity index (χ2n) is 7.66. The minimum atomic E-state index is 0.246. The smallest absolute Gasteiger partial charge is 0.160 e. The molecule has 3 nitrogen and oxygen atoms in total. The molecular formula is C26H23N3. The summed E-state index contributed by atoms with van der Waals surface area (Å²) < 4.78 is 1.99. The van der Waals surface area contributed by atoms with E-state index in [1.165, 1.54) is 22.3 Å². The summed E-state index contributed by atoms with van der Waals surface area (Å²) in [6.45, 7) is 4.23. The van der Waals surface area contributed by atoms with E-state index in [0.29, 0.717) is 0 Å². The third-order valence-electron chi connectivity index (χ3n) is 5.66. The first-order chi connectivity index (χ1) is 14.2. The van der Waals surface area contributed by atoms with E-state index in [4.69, 9.17) is 10.1 Å². The predicted octanol–water partition coefficient (Wildman–Crippen LogP) is 6.15. The molecule has 1 aliphatic rings. The summed E-state index contributed by atoms with van der Waals surface area (Å²) in [4.78, 5) is 5.12. The summed E-state index contributed by atoms with van der Waals surface area (Å²) in [6.07, 6.45) is 0.876. The van der Waals surface area contributed by atoms with Gasteiger partial charge >= 0.3 is 0 Å². The lowest BCUT2D eigenvalue weighted by Crippen LogP contribution is -2.15. The van der Waals surface area contributed by atoms with Gasteiger partial charge < -0.3 is 0 Å². The molecule has 0 spiro atoms. The van der Waals surface area contributed by atoms with Crippen molar-refractivity contribution in [2.75, 3.05) is 0 Å². The number of aliphatic imine (C=N–C) groups is 1. The Labute approximate surface area is 171 Å². The molecule has 3 heteroatoms. The van der Waals surface area contributed by atoms with E-state index in [1.807, 2.05) is 28.9 Å². The Kier molecular flexibility index (Phi) is 4.36. The van der Waals surface area contributed by atoms with Crippen molar-refractivity contribution in [2.24, 2.45) is 4.99 Å². The van der Waals surface area contributed by atoms with Crippen molar-refractivity contribution in [1.29, 1.82) is 0 Å². The lowest BCUT2D eigenvalue weighted by molar-refractivity contribution is 0.826. The third-order valence-corrected chi connectivity index (χ3v) is 5.66. The van der Waals surface area contributed by atoms with Gasteiger partial charge in [0.05, 0.1) is 17.1 Å². The molecule has 29 heavy (non-hydrogen) atoms. The maximum absolute atomic E-state index is 5.12. The molecule has 0 fully saturated rings. The van der Waals surface area contributed by atoms with Gasteiger partial charge in [0.1, 0.15) is 0 Å². The van der Waals surface area contributed by atoms with E-state index in [0.717, 1.165) is 29.3 Å². The van der Waals surface area contributed by atoms with Crippen molar-refractivity contribution in [2.45, 2.75) is 26.2 Å². The lowest BCUT2D eigenvalue weighted by Gasteiger charge is -2.24. The summed E-state index contributed by atoms with van der Waals surface area (Å²) in [5.41, 5.74) is 8.20. The first-order valence-electron chi connectivity index (χ1n) is 10.0. The number of hydrogen-bond acceptors (Lipinski definition) is 2. The van der Waals surface area contributed by atoms with E-state index >= 15 is 0 Å². The van der Waals surface area contributed by atoms with Crippen LogP contribution < -0.4 is 0 Å². The van der Waals surface area contributed by atoms with Crippen LogP contribution in [-0.4, -0.2) is 15.5 Å². The molecule has 1 aromatic heterocycles. The van der Waals surface area contributed by atoms with Crippen molar-refractivity contribution >= 4 is 11.5 Å². The van der Waals surface area contributed by atoms with Crippen LogP contribution in [0.25, 0.3) is 5.69 Å². The Morgan fingerprint density at radius 3 is 2.14 bits per heavy atom. The topological polar surface area (TPSA) is 30.2 Å². The number of fused-ring (bicyclic) bond motifs is 1. The van der Waals surface area contributed by atoms with E-state index in [2.05, 4.69) is 74.5 Å². The number of para-hydroxylation sites is 1. The summed E-state index contributed by atoms with van der Waals surface area (Å²) in [7, 11) is 0. The quantitative estimate of drug-likeness (QED) is 0.421. The van der Waals surface area contributed by atoms with Crippen LogP contribution in [0.3, 0.4) is 0 Å². The zero-order valence-corrected chi connectivity index (χ0v) is 16.7. The average Bonchev–Trinajstić information content (AvgIpc) is 3.11. The van der Waals surface area contributed by atoms with Gasteiger partial charge in [0.15, 0.2) is 5.82 Å². The fourth-order valence-electron chi connectivity index (χ4n) is 4.16. The molecule has 1 atom stereocenters. The first kappa shape index (κ1) is 17.6. The lowest BCUT2D eigenvalue weighted by atomic mass is 9.83. The van der Waals surface area contributed by atoms with Crippen LogP contribution in [0.1, 0.15) is 40.3 Å². The Hall–Kier alpha value is -3.46. The van der Waals surface area contributed by atoms with Crippen LogP contribution in [0, 0.1) is 13.8 Å². The SMILES string of the molecule is Cc1ccc([C@@H]2CC(c3ccccc3)=Nc3c2c(C)nn3-c2ccccc2)cc1. The molecule has 0 bridgehead atoms. The highest BCUT2D eigenvalue weighted by Crippen LogP contribution is 2.42. The molecule has 2 heterocycles. The van der Waals surface area contributed by atoms with Gasteiger partial charge in [0.25, 0.3) is 0 Å². The maximum Gasteiger partial charge on any atom is 0.160 e. The second kappa shape index (κ2) is 7.17. The normalized spacial score (nSPS) is 15.7. The molecular weight excluding hydrogens is 354 g/mol. The molecule has 0 amide bonds. The Bertz CT molecular complexity index is 1170. The Balaban J connectivity index is 1.72. The highest BCUT2D eigenvalue weighted by molar-refractivity contribution is 6.04. The fourth-order valence-corrected chi connectivity index (χ4v) is 4.16. The standard InChI is InChI=1S/C26H23N3/c1-18-13-15-20(16-14-18)23-17-24(21-9-5-3-6-10-21)27-26-25(23)19(2)28-29(26)22-11-7-4-8-12-22/h3-16,23H,17H2,1-2H3/t23-/m0/s1. The number of aromatic nitrogens is 2. The molecule has 3 aromatic carbocycles. The van der Waals surface area contributed by atoms with Gasteiger partial charge in [-0.25, -0.2) is 9.67 Å². The van der Waals surface area contributed by atoms with E-state index < -0.39 is 0 Å². The Morgan fingerprint density at radius 2 is 1.45 bits per heavy atom. The summed E-state index contributed by atoms with van der Waals surface area (Å²) in [5.74, 6) is 1.19. The van der Waals surface area contributed by atoms with Gasteiger partial charge in [0.2, 0.25) is 0 Å². The third kappa shape index (κ3) is 3.19. The number of aryl methyl sites for hydroxylation is 2. The number of hydrogen-bond donors (Lipinski definition) is 0. The highest BCUT2D eigenvalue weighted by Gasteiger charge is 2.31. The van der Waals surface area contributed by atoms with Crippen molar-refractivity contribution in [3.63, 3.8) is 0 Å². The first-order valence-corrected chi connectivity index (χ1v) is 10.0. The van der Waals surface area contributed by atoms with Crippen LogP contribution in [0.2, 0.25) is 0 Å². The highest BCUT2D eigenvalue weighted by atomic mass is 15.3. The molecule has 5 rings (SSSR count). The predicted molar refractivity (Wildman–Crippen MR) is 119 cm³/mol. The number of benzene rings is 3. The van der Waals surface area contributed by atoms with Crippen molar-refractivity contribution in [3.8, 4) is 5.69 Å². The number of nitrogens with zero attached hydrogens (tertiary/aromatic N) is 3. The summed E-state index contributed by atoms with van der Waals surface area (Å²) in [6, 6.07) is 29.7.